The summed E-state index contributed by atoms with van der Waals surface area (Å²) in [4.78, 5) is 4.53. The van der Waals surface area contributed by atoms with Gasteiger partial charge in [-0.05, 0) is 24.6 Å². The fraction of sp³-hybridized carbons (Fsp3) is 0.438. The Morgan fingerprint density at radius 3 is 2.90 bits per heavy atom. The van der Waals surface area contributed by atoms with Gasteiger partial charge in [-0.25, -0.2) is 4.99 Å². The third kappa shape index (κ3) is 7.37. The first-order chi connectivity index (χ1) is 10.3. The van der Waals surface area contributed by atoms with Crippen LogP contribution in [0, 0.1) is 0 Å². The molecule has 21 heavy (non-hydrogen) atoms. The summed E-state index contributed by atoms with van der Waals surface area (Å²) in [7, 11) is 1.66. The summed E-state index contributed by atoms with van der Waals surface area (Å²) in [6, 6.07) is 7.93. The zero-order chi connectivity index (χ0) is 15.3. The van der Waals surface area contributed by atoms with Crippen LogP contribution in [0.2, 0.25) is 0 Å². The van der Waals surface area contributed by atoms with Crippen LogP contribution in [0.25, 0.3) is 0 Å². The Hall–Kier alpha value is -2.01. The number of aliphatic imine (C=N–C) groups is 1. The number of nitrogens with one attached hydrogen (secondary N) is 2. The van der Waals surface area contributed by atoms with Gasteiger partial charge in [0.25, 0.3) is 0 Å². The lowest BCUT2D eigenvalue weighted by Gasteiger charge is -2.10. The van der Waals surface area contributed by atoms with Crippen molar-refractivity contribution in [1.29, 1.82) is 0 Å². The van der Waals surface area contributed by atoms with Gasteiger partial charge in [-0.2, -0.15) is 0 Å². The van der Waals surface area contributed by atoms with Crippen LogP contribution in [-0.2, 0) is 11.3 Å². The molecule has 0 aromatic heterocycles. The van der Waals surface area contributed by atoms with Crippen molar-refractivity contribution in [3.05, 3.63) is 42.5 Å². The third-order valence-corrected chi connectivity index (χ3v) is 2.63. The van der Waals surface area contributed by atoms with E-state index in [4.69, 9.17) is 9.47 Å². The first kappa shape index (κ1) is 17.0. The highest BCUT2D eigenvalue weighted by Crippen LogP contribution is 2.13. The quantitative estimate of drug-likeness (QED) is 0.316. The molecule has 0 bridgehead atoms. The fourth-order valence-electron chi connectivity index (χ4n) is 1.66. The molecule has 0 radical (unpaired) electrons. The summed E-state index contributed by atoms with van der Waals surface area (Å²) < 4.78 is 10.6. The van der Waals surface area contributed by atoms with E-state index in [9.17, 15) is 0 Å². The Morgan fingerprint density at radius 2 is 2.19 bits per heavy atom. The SMILES string of the molecule is C=CCNC(=NCc1cccc(OCCOC)c1)NCC. The summed E-state index contributed by atoms with van der Waals surface area (Å²) in [5, 5.41) is 6.36. The molecule has 5 heteroatoms. The number of hydrogen-bond donors (Lipinski definition) is 2. The number of rotatable bonds is 9. The van der Waals surface area contributed by atoms with Crippen LogP contribution in [0.5, 0.6) is 5.75 Å². The highest BCUT2D eigenvalue weighted by molar-refractivity contribution is 5.79. The molecule has 5 nitrogen and oxygen atoms in total. The molecule has 1 aromatic rings. The van der Waals surface area contributed by atoms with Crippen molar-refractivity contribution >= 4 is 5.96 Å². The van der Waals surface area contributed by atoms with E-state index in [1.54, 1.807) is 13.2 Å². The van der Waals surface area contributed by atoms with E-state index in [1.165, 1.54) is 0 Å². The summed E-state index contributed by atoms with van der Waals surface area (Å²) in [6.45, 7) is 8.95. The molecule has 0 aliphatic carbocycles. The molecule has 0 aliphatic rings. The molecule has 0 aliphatic heterocycles. The van der Waals surface area contributed by atoms with Crippen LogP contribution in [0.15, 0.2) is 41.9 Å². The number of hydrogen-bond acceptors (Lipinski definition) is 3. The second-order valence-corrected chi connectivity index (χ2v) is 4.35. The van der Waals surface area contributed by atoms with Crippen molar-refractivity contribution in [2.24, 2.45) is 4.99 Å². The molecular formula is C16H25N3O2. The van der Waals surface area contributed by atoms with Crippen molar-refractivity contribution in [2.45, 2.75) is 13.5 Å². The normalized spacial score (nSPS) is 11.0. The summed E-state index contributed by atoms with van der Waals surface area (Å²) in [5.41, 5.74) is 1.10. The van der Waals surface area contributed by atoms with Crippen LogP contribution in [0.1, 0.15) is 12.5 Å². The first-order valence-electron chi connectivity index (χ1n) is 7.14. The topological polar surface area (TPSA) is 54.9 Å². The van der Waals surface area contributed by atoms with E-state index < -0.39 is 0 Å². The third-order valence-electron chi connectivity index (χ3n) is 2.63. The van der Waals surface area contributed by atoms with E-state index in [2.05, 4.69) is 22.2 Å². The average Bonchev–Trinajstić information content (AvgIpc) is 2.51. The van der Waals surface area contributed by atoms with Gasteiger partial charge in [-0.15, -0.1) is 6.58 Å². The van der Waals surface area contributed by atoms with Gasteiger partial charge in [-0.3, -0.25) is 0 Å². The second kappa shape index (κ2) is 10.7. The van der Waals surface area contributed by atoms with Crippen molar-refractivity contribution in [1.82, 2.24) is 10.6 Å². The number of nitrogens with zero attached hydrogens (tertiary/aromatic N) is 1. The highest BCUT2D eigenvalue weighted by Gasteiger charge is 1.99. The molecular weight excluding hydrogens is 266 g/mol. The Bertz CT molecular complexity index is 447. The van der Waals surface area contributed by atoms with Crippen molar-refractivity contribution in [3.63, 3.8) is 0 Å². The van der Waals surface area contributed by atoms with Crippen LogP contribution < -0.4 is 15.4 Å². The molecule has 0 unspecified atom stereocenters. The second-order valence-electron chi connectivity index (χ2n) is 4.35. The molecule has 0 saturated carbocycles. The van der Waals surface area contributed by atoms with Gasteiger partial charge in [-0.1, -0.05) is 18.2 Å². The molecule has 0 fully saturated rings. The lowest BCUT2D eigenvalue weighted by Crippen LogP contribution is -2.37. The number of benzene rings is 1. The average molecular weight is 291 g/mol. The minimum absolute atomic E-state index is 0.548. The molecule has 0 atom stereocenters. The Balaban J connectivity index is 2.58. The van der Waals surface area contributed by atoms with Crippen molar-refractivity contribution < 1.29 is 9.47 Å². The lowest BCUT2D eigenvalue weighted by molar-refractivity contribution is 0.146. The van der Waals surface area contributed by atoms with Crippen molar-refractivity contribution in [3.8, 4) is 5.75 Å². The maximum Gasteiger partial charge on any atom is 0.191 e. The molecule has 0 heterocycles. The van der Waals surface area contributed by atoms with Crippen LogP contribution in [0.3, 0.4) is 0 Å². The monoisotopic (exact) mass is 291 g/mol. The van der Waals surface area contributed by atoms with Crippen LogP contribution >= 0.6 is 0 Å². The Kier molecular flexibility index (Phi) is 8.72. The van der Waals surface area contributed by atoms with E-state index >= 15 is 0 Å². The number of ether oxygens (including phenoxy) is 2. The number of guanidine groups is 1. The van der Waals surface area contributed by atoms with Crippen LogP contribution in [0.4, 0.5) is 0 Å². The number of methoxy groups -OCH3 is 1. The van der Waals surface area contributed by atoms with Crippen molar-refractivity contribution in [2.75, 3.05) is 33.4 Å². The van der Waals surface area contributed by atoms with Gasteiger partial charge in [0, 0.05) is 20.2 Å². The van der Waals surface area contributed by atoms with E-state index in [-0.39, 0.29) is 0 Å². The first-order valence-corrected chi connectivity index (χ1v) is 7.14. The van der Waals surface area contributed by atoms with Gasteiger partial charge in [0.1, 0.15) is 12.4 Å². The molecule has 0 spiro atoms. The van der Waals surface area contributed by atoms with Gasteiger partial charge >= 0.3 is 0 Å². The lowest BCUT2D eigenvalue weighted by atomic mass is 10.2. The van der Waals surface area contributed by atoms with Gasteiger partial charge < -0.3 is 20.1 Å². The molecule has 2 N–H and O–H groups in total. The Labute approximate surface area is 127 Å². The summed E-state index contributed by atoms with van der Waals surface area (Å²) in [6.07, 6.45) is 1.80. The standard InChI is InChI=1S/C16H25N3O2/c1-4-9-18-16(17-5-2)19-13-14-7-6-8-15(12-14)21-11-10-20-3/h4,6-8,12H,1,5,9-11,13H2,2-3H3,(H2,17,18,19). The van der Waals surface area contributed by atoms with Crippen LogP contribution in [-0.4, -0.2) is 39.4 Å². The molecule has 0 amide bonds. The maximum atomic E-state index is 5.59. The van der Waals surface area contributed by atoms with Gasteiger partial charge in [0.2, 0.25) is 0 Å². The zero-order valence-corrected chi connectivity index (χ0v) is 12.9. The van der Waals surface area contributed by atoms with E-state index in [1.807, 2.05) is 31.2 Å². The largest absolute Gasteiger partial charge is 0.491 e. The Morgan fingerprint density at radius 1 is 1.33 bits per heavy atom. The summed E-state index contributed by atoms with van der Waals surface area (Å²) >= 11 is 0. The van der Waals surface area contributed by atoms with E-state index in [0.717, 1.165) is 23.8 Å². The highest BCUT2D eigenvalue weighted by atomic mass is 16.5. The fourth-order valence-corrected chi connectivity index (χ4v) is 1.66. The summed E-state index contributed by atoms with van der Waals surface area (Å²) in [5.74, 6) is 1.62. The molecule has 116 valence electrons. The predicted octanol–water partition coefficient (Wildman–Crippen LogP) is 1.95. The minimum atomic E-state index is 0.548. The molecule has 1 aromatic carbocycles. The predicted molar refractivity (Wildman–Crippen MR) is 86.8 cm³/mol. The van der Waals surface area contributed by atoms with Gasteiger partial charge in [0.15, 0.2) is 5.96 Å². The smallest absolute Gasteiger partial charge is 0.191 e. The molecule has 1 rings (SSSR count). The molecule has 0 saturated heterocycles. The minimum Gasteiger partial charge on any atom is -0.491 e. The van der Waals surface area contributed by atoms with E-state index in [0.29, 0.717) is 26.3 Å². The maximum absolute atomic E-state index is 5.59. The van der Waals surface area contributed by atoms with Gasteiger partial charge in [0.05, 0.1) is 13.2 Å². The zero-order valence-electron chi connectivity index (χ0n) is 12.9.